The van der Waals surface area contributed by atoms with Crippen LogP contribution in [0.1, 0.15) is 19.8 Å². The molecule has 0 bridgehead atoms. The first-order valence-corrected chi connectivity index (χ1v) is 5.14. The molecule has 0 heterocycles. The van der Waals surface area contributed by atoms with Crippen LogP contribution in [0.2, 0.25) is 0 Å². The van der Waals surface area contributed by atoms with E-state index in [0.717, 1.165) is 18.6 Å². The summed E-state index contributed by atoms with van der Waals surface area (Å²) < 4.78 is 5.82. The van der Waals surface area contributed by atoms with E-state index in [-0.39, 0.29) is 18.1 Å². The summed E-state index contributed by atoms with van der Waals surface area (Å²) in [6.45, 7) is 1.82. The van der Waals surface area contributed by atoms with E-state index < -0.39 is 0 Å². The van der Waals surface area contributed by atoms with Crippen LogP contribution in [0.3, 0.4) is 0 Å². The Bertz CT molecular complexity index is 287. The molecule has 0 aliphatic heterocycles. The normalized spacial score (nSPS) is 32.0. The highest BCUT2D eigenvalue weighted by molar-refractivity contribution is 5.19. The number of hydrogen-bond acceptors (Lipinski definition) is 2. The van der Waals surface area contributed by atoms with E-state index in [9.17, 15) is 5.11 Å². The van der Waals surface area contributed by atoms with Gasteiger partial charge in [-0.2, -0.15) is 0 Å². The summed E-state index contributed by atoms with van der Waals surface area (Å²) in [5.41, 5.74) is 0. The molecule has 0 spiro atoms. The Kier molecular flexibility index (Phi) is 2.73. The van der Waals surface area contributed by atoms with Gasteiger partial charge < -0.3 is 9.84 Å². The van der Waals surface area contributed by atoms with Crippen LogP contribution in [0.25, 0.3) is 0 Å². The molecule has 3 atom stereocenters. The molecule has 0 aromatic heterocycles. The van der Waals surface area contributed by atoms with E-state index in [1.807, 2.05) is 19.1 Å². The zero-order valence-corrected chi connectivity index (χ0v) is 8.39. The lowest BCUT2D eigenvalue weighted by Gasteiger charge is -2.23. The molecule has 2 heteroatoms. The Morgan fingerprint density at radius 2 is 2.36 bits per heavy atom. The summed E-state index contributed by atoms with van der Waals surface area (Å²) in [6, 6.07) is 0. The van der Waals surface area contributed by atoms with Gasteiger partial charge in [-0.15, -0.1) is 0 Å². The van der Waals surface area contributed by atoms with Crippen LogP contribution in [0.15, 0.2) is 36.1 Å². The fraction of sp³-hybridized carbons (Fsp3) is 0.500. The van der Waals surface area contributed by atoms with Gasteiger partial charge in [0.2, 0.25) is 0 Å². The van der Waals surface area contributed by atoms with Gasteiger partial charge >= 0.3 is 0 Å². The second-order valence-corrected chi connectivity index (χ2v) is 3.90. The lowest BCUT2D eigenvalue weighted by molar-refractivity contribution is 0.0308. The van der Waals surface area contributed by atoms with Crippen LogP contribution in [0.5, 0.6) is 0 Å². The molecule has 76 valence electrons. The molecule has 2 aliphatic rings. The van der Waals surface area contributed by atoms with Gasteiger partial charge in [-0.25, -0.2) is 0 Å². The molecular weight excluding hydrogens is 176 g/mol. The SMILES string of the molecule is CC(O)C1C=CCC1OC1=CC=CC1. The lowest BCUT2D eigenvalue weighted by atomic mass is 10.0. The van der Waals surface area contributed by atoms with Crippen LogP contribution in [-0.4, -0.2) is 17.3 Å². The number of aliphatic hydroxyl groups excluding tert-OH is 1. The van der Waals surface area contributed by atoms with E-state index >= 15 is 0 Å². The topological polar surface area (TPSA) is 29.5 Å². The molecule has 0 fully saturated rings. The highest BCUT2D eigenvalue weighted by Crippen LogP contribution is 2.28. The van der Waals surface area contributed by atoms with Gasteiger partial charge in [0.1, 0.15) is 11.9 Å². The maximum atomic E-state index is 9.53. The summed E-state index contributed by atoms with van der Waals surface area (Å²) >= 11 is 0. The van der Waals surface area contributed by atoms with Gasteiger partial charge in [-0.1, -0.05) is 24.3 Å². The second-order valence-electron chi connectivity index (χ2n) is 3.90. The summed E-state index contributed by atoms with van der Waals surface area (Å²) in [5.74, 6) is 1.17. The van der Waals surface area contributed by atoms with E-state index in [1.165, 1.54) is 0 Å². The first-order chi connectivity index (χ1) is 6.77. The minimum atomic E-state index is -0.325. The van der Waals surface area contributed by atoms with Gasteiger partial charge in [0.05, 0.1) is 6.10 Å². The van der Waals surface area contributed by atoms with Crippen LogP contribution >= 0.6 is 0 Å². The maximum Gasteiger partial charge on any atom is 0.110 e. The average Bonchev–Trinajstić information content (AvgIpc) is 2.75. The van der Waals surface area contributed by atoms with E-state index in [0.29, 0.717) is 0 Å². The standard InChI is InChI=1S/C12H16O2/c1-9(13)11-7-4-8-12(11)14-10-5-2-3-6-10/h2-5,7,9,11-13H,6,8H2,1H3. The van der Waals surface area contributed by atoms with Crippen molar-refractivity contribution in [2.75, 3.05) is 0 Å². The van der Waals surface area contributed by atoms with Crippen molar-refractivity contribution < 1.29 is 9.84 Å². The summed E-state index contributed by atoms with van der Waals surface area (Å²) in [7, 11) is 0. The fourth-order valence-electron chi connectivity index (χ4n) is 1.96. The van der Waals surface area contributed by atoms with Crippen molar-refractivity contribution in [1.29, 1.82) is 0 Å². The predicted octanol–water partition coefficient (Wildman–Crippen LogP) is 2.17. The van der Waals surface area contributed by atoms with Crippen molar-refractivity contribution in [3.63, 3.8) is 0 Å². The molecule has 2 aliphatic carbocycles. The van der Waals surface area contributed by atoms with Crippen molar-refractivity contribution in [2.24, 2.45) is 5.92 Å². The van der Waals surface area contributed by atoms with E-state index in [2.05, 4.69) is 18.2 Å². The fourth-order valence-corrected chi connectivity index (χ4v) is 1.96. The van der Waals surface area contributed by atoms with Crippen molar-refractivity contribution in [2.45, 2.75) is 32.0 Å². The van der Waals surface area contributed by atoms with Gasteiger partial charge in [0.25, 0.3) is 0 Å². The summed E-state index contributed by atoms with van der Waals surface area (Å²) in [5, 5.41) is 9.53. The van der Waals surface area contributed by atoms with Gasteiger partial charge in [0, 0.05) is 18.8 Å². The van der Waals surface area contributed by atoms with Crippen molar-refractivity contribution in [1.82, 2.24) is 0 Å². The van der Waals surface area contributed by atoms with Crippen molar-refractivity contribution >= 4 is 0 Å². The first kappa shape index (κ1) is 9.53. The van der Waals surface area contributed by atoms with Crippen molar-refractivity contribution in [3.05, 3.63) is 36.1 Å². The van der Waals surface area contributed by atoms with Crippen LogP contribution in [0.4, 0.5) is 0 Å². The minimum absolute atomic E-state index is 0.126. The molecule has 0 amide bonds. The van der Waals surface area contributed by atoms with Crippen molar-refractivity contribution in [3.8, 4) is 0 Å². The second kappa shape index (κ2) is 4.01. The molecule has 1 N–H and O–H groups in total. The Morgan fingerprint density at radius 1 is 1.50 bits per heavy atom. The van der Waals surface area contributed by atoms with Crippen LogP contribution in [-0.2, 0) is 4.74 Å². The summed E-state index contributed by atoms with van der Waals surface area (Å²) in [6.07, 6.45) is 11.8. The minimum Gasteiger partial charge on any atom is -0.493 e. The van der Waals surface area contributed by atoms with Gasteiger partial charge in [0.15, 0.2) is 0 Å². The average molecular weight is 192 g/mol. The largest absolute Gasteiger partial charge is 0.493 e. The number of ether oxygens (including phenoxy) is 1. The molecule has 0 saturated heterocycles. The number of allylic oxidation sites excluding steroid dienone is 3. The quantitative estimate of drug-likeness (QED) is 0.694. The van der Waals surface area contributed by atoms with Crippen LogP contribution < -0.4 is 0 Å². The highest BCUT2D eigenvalue weighted by atomic mass is 16.5. The molecule has 3 unspecified atom stereocenters. The Balaban J connectivity index is 1.92. The van der Waals surface area contributed by atoms with Gasteiger partial charge in [-0.3, -0.25) is 0 Å². The zero-order valence-electron chi connectivity index (χ0n) is 8.39. The molecule has 0 radical (unpaired) electrons. The molecule has 2 rings (SSSR count). The number of hydrogen-bond donors (Lipinski definition) is 1. The highest BCUT2D eigenvalue weighted by Gasteiger charge is 2.28. The molecule has 0 saturated carbocycles. The molecule has 0 aromatic rings. The van der Waals surface area contributed by atoms with Crippen LogP contribution in [0, 0.1) is 5.92 Å². The monoisotopic (exact) mass is 192 g/mol. The molecular formula is C12H16O2. The third kappa shape index (κ3) is 1.90. The molecule has 0 aromatic carbocycles. The maximum absolute atomic E-state index is 9.53. The third-order valence-electron chi connectivity index (χ3n) is 2.75. The Morgan fingerprint density at radius 3 is 3.00 bits per heavy atom. The smallest absolute Gasteiger partial charge is 0.110 e. The lowest BCUT2D eigenvalue weighted by Crippen LogP contribution is -2.27. The number of aliphatic hydroxyl groups is 1. The van der Waals surface area contributed by atoms with E-state index in [4.69, 9.17) is 4.74 Å². The molecule has 14 heavy (non-hydrogen) atoms. The molecule has 2 nitrogen and oxygen atoms in total. The first-order valence-electron chi connectivity index (χ1n) is 5.14. The Hall–Kier alpha value is -1.02. The zero-order chi connectivity index (χ0) is 9.97. The Labute approximate surface area is 84.6 Å². The predicted molar refractivity (Wildman–Crippen MR) is 55.6 cm³/mol. The van der Waals surface area contributed by atoms with Gasteiger partial charge in [-0.05, 0) is 13.0 Å². The van der Waals surface area contributed by atoms with E-state index in [1.54, 1.807) is 0 Å². The summed E-state index contributed by atoms with van der Waals surface area (Å²) in [4.78, 5) is 0. The third-order valence-corrected chi connectivity index (χ3v) is 2.75. The number of rotatable bonds is 3.